The van der Waals surface area contributed by atoms with Crippen LogP contribution >= 0.6 is 0 Å². The Hall–Kier alpha value is -3.29. The van der Waals surface area contributed by atoms with Crippen LogP contribution in [0.3, 0.4) is 0 Å². The molecule has 150 valence electrons. The van der Waals surface area contributed by atoms with Gasteiger partial charge in [-0.05, 0) is 43.9 Å². The first-order chi connectivity index (χ1) is 14.1. The second-order valence-electron chi connectivity index (χ2n) is 7.24. The van der Waals surface area contributed by atoms with E-state index < -0.39 is 11.7 Å². The molecule has 1 fully saturated rings. The maximum atomic E-state index is 13.0. The van der Waals surface area contributed by atoms with Crippen molar-refractivity contribution < 1.29 is 18.7 Å². The fraction of sp³-hybridized carbons (Fsp3) is 0.333. The monoisotopic (exact) mass is 396 g/mol. The van der Waals surface area contributed by atoms with Gasteiger partial charge in [-0.3, -0.25) is 9.48 Å². The highest BCUT2D eigenvalue weighted by molar-refractivity contribution is 6.05. The van der Waals surface area contributed by atoms with Crippen LogP contribution in [-0.4, -0.2) is 34.1 Å². The first-order valence-electron chi connectivity index (χ1n) is 9.52. The van der Waals surface area contributed by atoms with Crippen molar-refractivity contribution in [2.24, 2.45) is 5.92 Å². The third kappa shape index (κ3) is 3.96. The molecule has 1 saturated carbocycles. The van der Waals surface area contributed by atoms with Crippen molar-refractivity contribution in [3.05, 3.63) is 48.2 Å². The third-order valence-electron chi connectivity index (χ3n) is 5.36. The zero-order valence-corrected chi connectivity index (χ0v) is 16.0. The van der Waals surface area contributed by atoms with Gasteiger partial charge in [0, 0.05) is 23.6 Å². The maximum absolute atomic E-state index is 13.0. The number of rotatable bonds is 5. The molecule has 7 nitrogen and oxygen atoms in total. The number of pyridine rings is 1. The zero-order chi connectivity index (χ0) is 20.4. The van der Waals surface area contributed by atoms with E-state index in [-0.39, 0.29) is 17.7 Å². The molecule has 1 amide bonds. The van der Waals surface area contributed by atoms with Gasteiger partial charge >= 0.3 is 0 Å². The number of benzene rings is 1. The Bertz CT molecular complexity index is 1040. The number of hydrogen-bond acceptors (Lipinski definition) is 5. The number of aromatic nitrogens is 3. The highest BCUT2D eigenvalue weighted by Crippen LogP contribution is 2.34. The second kappa shape index (κ2) is 7.98. The molecule has 3 aromatic rings. The summed E-state index contributed by atoms with van der Waals surface area (Å²) in [6.07, 6.45) is 7.57. The molecule has 1 aliphatic rings. The summed E-state index contributed by atoms with van der Waals surface area (Å²) in [4.78, 5) is 27.2. The minimum atomic E-state index is -0.505. The lowest BCUT2D eigenvalue weighted by molar-refractivity contribution is -0.112. The van der Waals surface area contributed by atoms with E-state index in [2.05, 4.69) is 15.4 Å². The number of nitrogens with one attached hydrogen (secondary N) is 1. The zero-order valence-electron chi connectivity index (χ0n) is 16.0. The summed E-state index contributed by atoms with van der Waals surface area (Å²) in [6, 6.07) is 6.34. The van der Waals surface area contributed by atoms with Crippen molar-refractivity contribution in [3.63, 3.8) is 0 Å². The molecule has 0 aliphatic heterocycles. The van der Waals surface area contributed by atoms with Crippen LogP contribution in [0, 0.1) is 11.7 Å². The van der Waals surface area contributed by atoms with Crippen LogP contribution in [0.25, 0.3) is 10.9 Å². The Morgan fingerprint density at radius 1 is 1.28 bits per heavy atom. The lowest BCUT2D eigenvalue weighted by Gasteiger charge is -2.25. The standard InChI is InChI=1S/C21H21FN4O3/c1-29-20-9-18-14(11-26(25-18)16-5-2-13(12-27)3-6-16)8-19(20)24-21(28)17-7-4-15(22)10-23-17/h4,7-13,16H,2-3,5-6H2,1H3,(H,24,28)/t13-,16-. The van der Waals surface area contributed by atoms with Crippen molar-refractivity contribution in [1.82, 2.24) is 14.8 Å². The summed E-state index contributed by atoms with van der Waals surface area (Å²) in [5.74, 6) is -0.335. The Morgan fingerprint density at radius 2 is 2.07 bits per heavy atom. The fourth-order valence-corrected chi connectivity index (χ4v) is 3.72. The summed E-state index contributed by atoms with van der Waals surface area (Å²) in [5, 5.41) is 8.30. The maximum Gasteiger partial charge on any atom is 0.274 e. The van der Waals surface area contributed by atoms with Crippen LogP contribution in [0.5, 0.6) is 5.75 Å². The van der Waals surface area contributed by atoms with Crippen LogP contribution in [0.2, 0.25) is 0 Å². The van der Waals surface area contributed by atoms with Gasteiger partial charge in [0.1, 0.15) is 23.5 Å². The van der Waals surface area contributed by atoms with E-state index in [0.717, 1.165) is 49.1 Å². The van der Waals surface area contributed by atoms with Gasteiger partial charge in [-0.15, -0.1) is 0 Å². The van der Waals surface area contributed by atoms with Crippen LogP contribution in [0.4, 0.5) is 10.1 Å². The number of amides is 1. The quantitative estimate of drug-likeness (QED) is 0.664. The molecule has 8 heteroatoms. The number of anilines is 1. The average molecular weight is 396 g/mol. The van der Waals surface area contributed by atoms with Gasteiger partial charge in [0.15, 0.2) is 0 Å². The number of aldehydes is 1. The molecule has 0 spiro atoms. The SMILES string of the molecule is COc1cc2nn([C@H]3CC[C@H](C=O)CC3)cc2cc1NC(=O)c1ccc(F)cn1. The van der Waals surface area contributed by atoms with Gasteiger partial charge in [0.2, 0.25) is 0 Å². The predicted molar refractivity (Wildman–Crippen MR) is 105 cm³/mol. The largest absolute Gasteiger partial charge is 0.494 e. The fourth-order valence-electron chi connectivity index (χ4n) is 3.72. The molecule has 1 aliphatic carbocycles. The van der Waals surface area contributed by atoms with Crippen LogP contribution in [-0.2, 0) is 4.79 Å². The molecule has 29 heavy (non-hydrogen) atoms. The Balaban J connectivity index is 1.58. The molecule has 4 rings (SSSR count). The van der Waals surface area contributed by atoms with Gasteiger partial charge in [-0.25, -0.2) is 9.37 Å². The van der Waals surface area contributed by atoms with E-state index in [9.17, 15) is 14.0 Å². The van der Waals surface area contributed by atoms with Gasteiger partial charge in [0.05, 0.1) is 30.6 Å². The molecule has 0 atom stereocenters. The van der Waals surface area contributed by atoms with Gasteiger partial charge in [-0.2, -0.15) is 5.10 Å². The normalized spacial score (nSPS) is 19.1. The molecule has 1 N–H and O–H groups in total. The van der Waals surface area contributed by atoms with E-state index >= 15 is 0 Å². The molecular formula is C21H21FN4O3. The number of hydrogen-bond donors (Lipinski definition) is 1. The number of halogens is 1. The van der Waals surface area contributed by atoms with E-state index in [4.69, 9.17) is 4.74 Å². The number of carbonyl (C=O) groups excluding carboxylic acids is 2. The summed E-state index contributed by atoms with van der Waals surface area (Å²) in [5.41, 5.74) is 1.36. The Morgan fingerprint density at radius 3 is 2.72 bits per heavy atom. The summed E-state index contributed by atoms with van der Waals surface area (Å²) >= 11 is 0. The molecule has 0 bridgehead atoms. The molecule has 2 aromatic heterocycles. The van der Waals surface area contributed by atoms with Crippen molar-refractivity contribution in [3.8, 4) is 5.75 Å². The minimum Gasteiger partial charge on any atom is -0.494 e. The Kier molecular flexibility index (Phi) is 5.24. The first kappa shape index (κ1) is 19.0. The molecule has 0 saturated heterocycles. The van der Waals surface area contributed by atoms with E-state index in [0.29, 0.717) is 11.4 Å². The van der Waals surface area contributed by atoms with Crippen LogP contribution in [0.15, 0.2) is 36.7 Å². The van der Waals surface area contributed by atoms with Crippen molar-refractivity contribution in [2.45, 2.75) is 31.7 Å². The number of methoxy groups -OCH3 is 1. The number of fused-ring (bicyclic) bond motifs is 1. The summed E-state index contributed by atoms with van der Waals surface area (Å²) < 4.78 is 20.4. The molecule has 2 heterocycles. The van der Waals surface area contributed by atoms with Crippen molar-refractivity contribution >= 4 is 28.8 Å². The lowest BCUT2D eigenvalue weighted by atomic mass is 9.87. The lowest BCUT2D eigenvalue weighted by Crippen LogP contribution is -2.19. The smallest absolute Gasteiger partial charge is 0.274 e. The van der Waals surface area contributed by atoms with Crippen LogP contribution < -0.4 is 10.1 Å². The number of ether oxygens (including phenoxy) is 1. The molecular weight excluding hydrogens is 375 g/mol. The van der Waals surface area contributed by atoms with Crippen LogP contribution in [0.1, 0.15) is 42.2 Å². The van der Waals surface area contributed by atoms with Gasteiger partial charge in [-0.1, -0.05) is 0 Å². The first-order valence-corrected chi connectivity index (χ1v) is 9.52. The minimum absolute atomic E-state index is 0.108. The molecule has 1 aromatic carbocycles. The van der Waals surface area contributed by atoms with Gasteiger partial charge < -0.3 is 14.8 Å². The van der Waals surface area contributed by atoms with E-state index in [1.165, 1.54) is 19.2 Å². The average Bonchev–Trinajstić information content (AvgIpc) is 3.16. The van der Waals surface area contributed by atoms with Crippen molar-refractivity contribution in [2.75, 3.05) is 12.4 Å². The topological polar surface area (TPSA) is 86.1 Å². The predicted octanol–water partition coefficient (Wildman–Crippen LogP) is 3.76. The number of carbonyl (C=O) groups is 2. The third-order valence-corrected chi connectivity index (χ3v) is 5.36. The van der Waals surface area contributed by atoms with E-state index in [1.54, 1.807) is 12.1 Å². The molecule has 0 unspecified atom stereocenters. The highest BCUT2D eigenvalue weighted by Gasteiger charge is 2.23. The summed E-state index contributed by atoms with van der Waals surface area (Å²) in [6.45, 7) is 0. The van der Waals surface area contributed by atoms with Crippen molar-refractivity contribution in [1.29, 1.82) is 0 Å². The highest BCUT2D eigenvalue weighted by atomic mass is 19.1. The van der Waals surface area contributed by atoms with E-state index in [1.807, 2.05) is 10.9 Å². The number of nitrogens with zero attached hydrogens (tertiary/aromatic N) is 3. The van der Waals surface area contributed by atoms with Gasteiger partial charge in [0.25, 0.3) is 5.91 Å². The summed E-state index contributed by atoms with van der Waals surface area (Å²) in [7, 11) is 1.52. The molecule has 0 radical (unpaired) electrons. The second-order valence-corrected chi connectivity index (χ2v) is 7.24. The Labute approximate surface area is 166 Å².